The summed E-state index contributed by atoms with van der Waals surface area (Å²) >= 11 is 0. The fraction of sp³-hybridized carbons (Fsp3) is 0.833. The van der Waals surface area contributed by atoms with Crippen molar-refractivity contribution in [2.75, 3.05) is 19.6 Å². The SMILES string of the molecule is Cl.Cl.N#CCC1CNCCN1. The van der Waals surface area contributed by atoms with Crippen LogP contribution in [0.2, 0.25) is 0 Å². The molecule has 0 saturated carbocycles. The van der Waals surface area contributed by atoms with Crippen LogP contribution in [0.3, 0.4) is 0 Å². The number of piperazine rings is 1. The Morgan fingerprint density at radius 2 is 2.09 bits per heavy atom. The Morgan fingerprint density at radius 1 is 1.36 bits per heavy atom. The molecule has 11 heavy (non-hydrogen) atoms. The van der Waals surface area contributed by atoms with Gasteiger partial charge in [0.25, 0.3) is 0 Å². The quantitative estimate of drug-likeness (QED) is 0.637. The first kappa shape index (κ1) is 13.6. The lowest BCUT2D eigenvalue weighted by atomic mass is 10.2. The van der Waals surface area contributed by atoms with E-state index in [1.54, 1.807) is 0 Å². The van der Waals surface area contributed by atoms with E-state index in [-0.39, 0.29) is 24.8 Å². The largest absolute Gasteiger partial charge is 0.314 e. The minimum Gasteiger partial charge on any atom is -0.314 e. The highest BCUT2D eigenvalue weighted by molar-refractivity contribution is 5.85. The molecule has 0 aromatic rings. The van der Waals surface area contributed by atoms with Gasteiger partial charge in [-0.25, -0.2) is 0 Å². The summed E-state index contributed by atoms with van der Waals surface area (Å²) in [7, 11) is 0. The fourth-order valence-corrected chi connectivity index (χ4v) is 0.968. The summed E-state index contributed by atoms with van der Waals surface area (Å²) in [6.45, 7) is 2.96. The van der Waals surface area contributed by atoms with Crippen LogP contribution in [0.5, 0.6) is 0 Å². The van der Waals surface area contributed by atoms with Crippen LogP contribution in [-0.2, 0) is 0 Å². The molecule has 1 aliphatic rings. The van der Waals surface area contributed by atoms with E-state index in [0.29, 0.717) is 12.5 Å². The van der Waals surface area contributed by atoms with Crippen molar-refractivity contribution in [3.8, 4) is 6.07 Å². The molecule has 0 aliphatic carbocycles. The molecule has 1 fully saturated rings. The van der Waals surface area contributed by atoms with Gasteiger partial charge in [0.05, 0.1) is 12.5 Å². The molecule has 0 amide bonds. The van der Waals surface area contributed by atoms with E-state index in [9.17, 15) is 0 Å². The van der Waals surface area contributed by atoms with Crippen LogP contribution in [0, 0.1) is 11.3 Å². The summed E-state index contributed by atoms with van der Waals surface area (Å²) < 4.78 is 0. The highest BCUT2D eigenvalue weighted by Gasteiger charge is 2.09. The molecule has 2 N–H and O–H groups in total. The van der Waals surface area contributed by atoms with Crippen LogP contribution in [0.15, 0.2) is 0 Å². The monoisotopic (exact) mass is 197 g/mol. The maximum atomic E-state index is 8.30. The standard InChI is InChI=1S/C6H11N3.2ClH/c7-2-1-6-5-8-3-4-9-6;;/h6,8-9H,1,3-5H2;2*1H. The fourth-order valence-electron chi connectivity index (χ4n) is 0.968. The number of hydrogen-bond acceptors (Lipinski definition) is 3. The molecule has 0 bridgehead atoms. The third-order valence-electron chi connectivity index (χ3n) is 1.46. The third-order valence-corrected chi connectivity index (χ3v) is 1.46. The second-order valence-corrected chi connectivity index (χ2v) is 2.22. The molecule has 1 aliphatic heterocycles. The van der Waals surface area contributed by atoms with Crippen LogP contribution in [0.4, 0.5) is 0 Å². The molecule has 1 saturated heterocycles. The number of nitrogens with zero attached hydrogens (tertiary/aromatic N) is 1. The highest BCUT2D eigenvalue weighted by atomic mass is 35.5. The van der Waals surface area contributed by atoms with E-state index < -0.39 is 0 Å². The molecule has 0 aromatic carbocycles. The van der Waals surface area contributed by atoms with E-state index in [1.807, 2.05) is 0 Å². The molecule has 1 rings (SSSR count). The average Bonchev–Trinajstić information content (AvgIpc) is 1.91. The first-order valence-corrected chi connectivity index (χ1v) is 3.24. The summed E-state index contributed by atoms with van der Waals surface area (Å²) in [5, 5.41) is 14.7. The van der Waals surface area contributed by atoms with Crippen molar-refractivity contribution in [2.45, 2.75) is 12.5 Å². The minimum absolute atomic E-state index is 0. The molecule has 0 radical (unpaired) electrons. The van der Waals surface area contributed by atoms with E-state index in [1.165, 1.54) is 0 Å². The highest BCUT2D eigenvalue weighted by Crippen LogP contribution is 1.90. The molecule has 0 aromatic heterocycles. The second kappa shape index (κ2) is 8.09. The van der Waals surface area contributed by atoms with Crippen molar-refractivity contribution in [2.24, 2.45) is 0 Å². The smallest absolute Gasteiger partial charge is 0.0638 e. The zero-order valence-corrected chi connectivity index (χ0v) is 7.80. The minimum atomic E-state index is 0. The molecule has 3 nitrogen and oxygen atoms in total. The van der Waals surface area contributed by atoms with E-state index >= 15 is 0 Å². The molecular weight excluding hydrogens is 185 g/mol. The van der Waals surface area contributed by atoms with Crippen molar-refractivity contribution in [3.63, 3.8) is 0 Å². The first-order valence-electron chi connectivity index (χ1n) is 3.24. The summed E-state index contributed by atoms with van der Waals surface area (Å²) in [6, 6.07) is 2.51. The summed E-state index contributed by atoms with van der Waals surface area (Å²) in [6.07, 6.45) is 0.618. The lowest BCUT2D eigenvalue weighted by molar-refractivity contribution is 0.423. The lowest BCUT2D eigenvalue weighted by Crippen LogP contribution is -2.47. The molecule has 5 heteroatoms. The normalized spacial score (nSPS) is 22.3. The Bertz CT molecular complexity index is 117. The summed E-state index contributed by atoms with van der Waals surface area (Å²) in [4.78, 5) is 0. The van der Waals surface area contributed by atoms with Gasteiger partial charge in [0.1, 0.15) is 0 Å². The lowest BCUT2D eigenvalue weighted by Gasteiger charge is -2.21. The third kappa shape index (κ3) is 5.28. The molecule has 1 heterocycles. The number of nitrogens with one attached hydrogen (secondary N) is 2. The van der Waals surface area contributed by atoms with E-state index in [0.717, 1.165) is 19.6 Å². The van der Waals surface area contributed by atoms with Gasteiger partial charge in [0.15, 0.2) is 0 Å². The second-order valence-electron chi connectivity index (χ2n) is 2.22. The van der Waals surface area contributed by atoms with Gasteiger partial charge in [-0.15, -0.1) is 24.8 Å². The van der Waals surface area contributed by atoms with Crippen LogP contribution in [0.25, 0.3) is 0 Å². The maximum Gasteiger partial charge on any atom is 0.0638 e. The first-order chi connectivity index (χ1) is 4.43. The van der Waals surface area contributed by atoms with Gasteiger partial charge in [-0.3, -0.25) is 0 Å². The molecule has 66 valence electrons. The Balaban J connectivity index is 0. The maximum absolute atomic E-state index is 8.30. The van der Waals surface area contributed by atoms with Gasteiger partial charge in [-0.2, -0.15) is 5.26 Å². The summed E-state index contributed by atoms with van der Waals surface area (Å²) in [5.74, 6) is 0. The Labute approximate surface area is 79.4 Å². The number of nitriles is 1. The van der Waals surface area contributed by atoms with Crippen LogP contribution >= 0.6 is 24.8 Å². The number of rotatable bonds is 1. The predicted molar refractivity (Wildman–Crippen MR) is 49.4 cm³/mol. The number of hydrogen-bond donors (Lipinski definition) is 2. The van der Waals surface area contributed by atoms with E-state index in [4.69, 9.17) is 5.26 Å². The van der Waals surface area contributed by atoms with Gasteiger partial charge in [-0.1, -0.05) is 0 Å². The van der Waals surface area contributed by atoms with Gasteiger partial charge >= 0.3 is 0 Å². The molecule has 0 spiro atoms. The van der Waals surface area contributed by atoms with Crippen molar-refractivity contribution in [3.05, 3.63) is 0 Å². The van der Waals surface area contributed by atoms with Gasteiger partial charge in [-0.05, 0) is 0 Å². The predicted octanol–water partition coefficient (Wildman–Crippen LogP) is 0.305. The van der Waals surface area contributed by atoms with E-state index in [2.05, 4.69) is 16.7 Å². The van der Waals surface area contributed by atoms with Crippen molar-refractivity contribution >= 4 is 24.8 Å². The van der Waals surface area contributed by atoms with Gasteiger partial charge in [0, 0.05) is 25.7 Å². The van der Waals surface area contributed by atoms with Crippen molar-refractivity contribution in [1.29, 1.82) is 5.26 Å². The average molecular weight is 198 g/mol. The Morgan fingerprint density at radius 3 is 2.55 bits per heavy atom. The summed E-state index contributed by atoms with van der Waals surface area (Å²) in [5.41, 5.74) is 0. The van der Waals surface area contributed by atoms with Crippen LogP contribution < -0.4 is 10.6 Å². The molecular formula is C6H13Cl2N3. The van der Waals surface area contributed by atoms with Gasteiger partial charge < -0.3 is 10.6 Å². The van der Waals surface area contributed by atoms with Crippen LogP contribution in [-0.4, -0.2) is 25.7 Å². The van der Waals surface area contributed by atoms with Crippen LogP contribution in [0.1, 0.15) is 6.42 Å². The zero-order chi connectivity index (χ0) is 6.53. The Kier molecular flexibility index (Phi) is 9.98. The Hall–Kier alpha value is -0.0100. The van der Waals surface area contributed by atoms with Gasteiger partial charge in [0.2, 0.25) is 0 Å². The topological polar surface area (TPSA) is 47.9 Å². The molecule has 1 atom stereocenters. The van der Waals surface area contributed by atoms with Crippen molar-refractivity contribution in [1.82, 2.24) is 10.6 Å². The number of halogens is 2. The van der Waals surface area contributed by atoms with Crippen molar-refractivity contribution < 1.29 is 0 Å². The molecule has 1 unspecified atom stereocenters. The zero-order valence-electron chi connectivity index (χ0n) is 6.17.